The zero-order valence-electron chi connectivity index (χ0n) is 8.81. The summed E-state index contributed by atoms with van der Waals surface area (Å²) < 4.78 is 0. The van der Waals surface area contributed by atoms with Gasteiger partial charge in [0.2, 0.25) is 5.91 Å². The molecule has 1 N–H and O–H groups in total. The van der Waals surface area contributed by atoms with E-state index in [-0.39, 0.29) is 5.91 Å². The van der Waals surface area contributed by atoms with Crippen LogP contribution in [0.4, 0.5) is 0 Å². The summed E-state index contributed by atoms with van der Waals surface area (Å²) in [6, 6.07) is 0.411. The molecular weight excluding hydrogens is 162 g/mol. The molecule has 0 aromatic carbocycles. The topological polar surface area (TPSA) is 29.1 Å². The number of rotatable bonds is 5. The van der Waals surface area contributed by atoms with Crippen molar-refractivity contribution >= 4 is 5.91 Å². The van der Waals surface area contributed by atoms with Crippen LogP contribution in [0.2, 0.25) is 0 Å². The third-order valence-corrected chi connectivity index (χ3v) is 2.97. The fourth-order valence-electron chi connectivity index (χ4n) is 2.03. The molecule has 1 aliphatic heterocycles. The fraction of sp³-hybridized carbons (Fsp3) is 0.909. The van der Waals surface area contributed by atoms with Crippen molar-refractivity contribution in [2.45, 2.75) is 58.4 Å². The summed E-state index contributed by atoms with van der Waals surface area (Å²) >= 11 is 0. The van der Waals surface area contributed by atoms with Crippen LogP contribution in [-0.4, -0.2) is 11.9 Å². The van der Waals surface area contributed by atoms with Crippen molar-refractivity contribution in [1.82, 2.24) is 5.32 Å². The number of hydrogen-bond acceptors (Lipinski definition) is 1. The SMILES string of the molecule is CCCCCCC1CC(=O)NC1C. The number of nitrogens with one attached hydrogen (secondary N) is 1. The minimum absolute atomic E-state index is 0.244. The number of amides is 1. The van der Waals surface area contributed by atoms with Crippen molar-refractivity contribution in [1.29, 1.82) is 0 Å². The molecule has 0 saturated carbocycles. The molecule has 0 spiro atoms. The Bertz CT molecular complexity index is 167. The number of unbranched alkanes of at least 4 members (excludes halogenated alkanes) is 3. The first-order valence-electron chi connectivity index (χ1n) is 5.53. The summed E-state index contributed by atoms with van der Waals surface area (Å²) in [6.07, 6.45) is 7.22. The molecule has 1 fully saturated rings. The maximum Gasteiger partial charge on any atom is 0.220 e. The van der Waals surface area contributed by atoms with Gasteiger partial charge in [-0.2, -0.15) is 0 Å². The van der Waals surface area contributed by atoms with E-state index >= 15 is 0 Å². The zero-order valence-corrected chi connectivity index (χ0v) is 8.81. The van der Waals surface area contributed by atoms with E-state index in [0.29, 0.717) is 12.0 Å². The minimum atomic E-state index is 0.244. The Morgan fingerprint density at radius 2 is 2.15 bits per heavy atom. The van der Waals surface area contributed by atoms with Crippen LogP contribution < -0.4 is 5.32 Å². The van der Waals surface area contributed by atoms with Crippen LogP contribution in [0.1, 0.15) is 52.4 Å². The third kappa shape index (κ3) is 3.37. The third-order valence-electron chi connectivity index (χ3n) is 2.97. The minimum Gasteiger partial charge on any atom is -0.353 e. The van der Waals surface area contributed by atoms with Gasteiger partial charge in [-0.25, -0.2) is 0 Å². The van der Waals surface area contributed by atoms with E-state index in [1.165, 1.54) is 32.1 Å². The Labute approximate surface area is 81.1 Å². The normalized spacial score (nSPS) is 27.7. The van der Waals surface area contributed by atoms with Gasteiger partial charge in [0.1, 0.15) is 0 Å². The highest BCUT2D eigenvalue weighted by atomic mass is 16.1. The first kappa shape index (κ1) is 10.6. The van der Waals surface area contributed by atoms with Crippen LogP contribution in [0, 0.1) is 5.92 Å². The van der Waals surface area contributed by atoms with Crippen LogP contribution in [0.5, 0.6) is 0 Å². The van der Waals surface area contributed by atoms with E-state index in [0.717, 1.165) is 6.42 Å². The van der Waals surface area contributed by atoms with Crippen LogP contribution in [0.3, 0.4) is 0 Å². The predicted molar refractivity (Wildman–Crippen MR) is 54.5 cm³/mol. The van der Waals surface area contributed by atoms with E-state index in [1.807, 2.05) is 0 Å². The highest BCUT2D eigenvalue weighted by molar-refractivity contribution is 5.78. The molecule has 1 aliphatic rings. The Morgan fingerprint density at radius 1 is 1.38 bits per heavy atom. The molecule has 13 heavy (non-hydrogen) atoms. The molecule has 0 aliphatic carbocycles. The molecule has 0 aromatic heterocycles. The van der Waals surface area contributed by atoms with Gasteiger partial charge >= 0.3 is 0 Å². The molecule has 0 bridgehead atoms. The predicted octanol–water partition coefficient (Wildman–Crippen LogP) is 2.48. The molecule has 2 unspecified atom stereocenters. The maximum absolute atomic E-state index is 11.0. The van der Waals surface area contributed by atoms with Gasteiger partial charge in [0.05, 0.1) is 0 Å². The summed E-state index contributed by atoms with van der Waals surface area (Å²) in [7, 11) is 0. The average molecular weight is 183 g/mol. The van der Waals surface area contributed by atoms with Crippen molar-refractivity contribution in [2.24, 2.45) is 5.92 Å². The molecule has 76 valence electrons. The lowest BCUT2D eigenvalue weighted by Gasteiger charge is -2.13. The molecule has 0 aromatic rings. The fourth-order valence-corrected chi connectivity index (χ4v) is 2.03. The maximum atomic E-state index is 11.0. The van der Waals surface area contributed by atoms with Gasteiger partial charge in [0.25, 0.3) is 0 Å². The van der Waals surface area contributed by atoms with Crippen molar-refractivity contribution in [3.63, 3.8) is 0 Å². The smallest absolute Gasteiger partial charge is 0.220 e. The van der Waals surface area contributed by atoms with E-state index < -0.39 is 0 Å². The second kappa shape index (κ2) is 5.25. The second-order valence-electron chi connectivity index (χ2n) is 4.17. The highest BCUT2D eigenvalue weighted by Crippen LogP contribution is 2.22. The van der Waals surface area contributed by atoms with Gasteiger partial charge in [-0.1, -0.05) is 32.6 Å². The molecule has 0 radical (unpaired) electrons. The Morgan fingerprint density at radius 3 is 2.69 bits per heavy atom. The van der Waals surface area contributed by atoms with Crippen molar-refractivity contribution in [2.75, 3.05) is 0 Å². The van der Waals surface area contributed by atoms with Gasteiger partial charge in [-0.3, -0.25) is 4.79 Å². The second-order valence-corrected chi connectivity index (χ2v) is 4.17. The molecule has 2 heteroatoms. The first-order chi connectivity index (χ1) is 6.24. The lowest BCUT2D eigenvalue weighted by atomic mass is 9.95. The molecule has 1 amide bonds. The summed E-state index contributed by atoms with van der Waals surface area (Å²) in [5, 5.41) is 2.97. The van der Waals surface area contributed by atoms with Gasteiger partial charge in [-0.05, 0) is 19.3 Å². The van der Waals surface area contributed by atoms with Crippen molar-refractivity contribution in [3.05, 3.63) is 0 Å². The molecule has 2 atom stereocenters. The van der Waals surface area contributed by atoms with Gasteiger partial charge in [0, 0.05) is 12.5 Å². The van der Waals surface area contributed by atoms with Crippen LogP contribution in [0.15, 0.2) is 0 Å². The lowest BCUT2D eigenvalue weighted by Crippen LogP contribution is -2.25. The first-order valence-corrected chi connectivity index (χ1v) is 5.53. The Kier molecular flexibility index (Phi) is 4.26. The molecular formula is C11H21NO. The Balaban J connectivity index is 2.11. The standard InChI is InChI=1S/C11H21NO/c1-3-4-5-6-7-10-8-11(13)12-9(10)2/h9-10H,3-8H2,1-2H3,(H,12,13). The lowest BCUT2D eigenvalue weighted by molar-refractivity contribution is -0.119. The number of carbonyl (C=O) groups excluding carboxylic acids is 1. The van der Waals surface area contributed by atoms with E-state index in [1.54, 1.807) is 0 Å². The summed E-state index contributed by atoms with van der Waals surface area (Å²) in [5.74, 6) is 0.845. The Hall–Kier alpha value is -0.530. The van der Waals surface area contributed by atoms with Crippen LogP contribution >= 0.6 is 0 Å². The summed E-state index contributed by atoms with van der Waals surface area (Å²) in [4.78, 5) is 11.0. The van der Waals surface area contributed by atoms with Gasteiger partial charge in [-0.15, -0.1) is 0 Å². The van der Waals surface area contributed by atoms with Crippen molar-refractivity contribution in [3.8, 4) is 0 Å². The average Bonchev–Trinajstić information content (AvgIpc) is 2.39. The van der Waals surface area contributed by atoms with Crippen molar-refractivity contribution < 1.29 is 4.79 Å². The quantitative estimate of drug-likeness (QED) is 0.652. The van der Waals surface area contributed by atoms with Gasteiger partial charge < -0.3 is 5.32 Å². The summed E-state index contributed by atoms with van der Waals surface area (Å²) in [5.41, 5.74) is 0. The molecule has 1 heterocycles. The van der Waals surface area contributed by atoms with E-state index in [4.69, 9.17) is 0 Å². The molecule has 1 rings (SSSR count). The monoisotopic (exact) mass is 183 g/mol. The van der Waals surface area contributed by atoms with E-state index in [2.05, 4.69) is 19.2 Å². The zero-order chi connectivity index (χ0) is 9.68. The van der Waals surface area contributed by atoms with E-state index in [9.17, 15) is 4.79 Å². The largest absolute Gasteiger partial charge is 0.353 e. The van der Waals surface area contributed by atoms with Gasteiger partial charge in [0.15, 0.2) is 0 Å². The van der Waals surface area contributed by atoms with Crippen LogP contribution in [0.25, 0.3) is 0 Å². The molecule has 2 nitrogen and oxygen atoms in total. The molecule has 1 saturated heterocycles. The highest BCUT2D eigenvalue weighted by Gasteiger charge is 2.27. The number of hydrogen-bond donors (Lipinski definition) is 1. The van der Waals surface area contributed by atoms with Crippen LogP contribution in [-0.2, 0) is 4.79 Å². The number of carbonyl (C=O) groups is 1. The summed E-state index contributed by atoms with van der Waals surface area (Å²) in [6.45, 7) is 4.35.